The van der Waals surface area contributed by atoms with Crippen LogP contribution in [0.2, 0.25) is 0 Å². The van der Waals surface area contributed by atoms with Crippen molar-refractivity contribution in [1.29, 1.82) is 0 Å². The molecule has 0 aromatic carbocycles. The SMILES string of the molecule is O=C(O)N1CCCC2(C1)C(=O)NCC2c1cccnc1. The predicted molar refractivity (Wildman–Crippen MR) is 71.3 cm³/mol. The molecule has 3 rings (SSSR count). The first-order valence-electron chi connectivity index (χ1n) is 6.79. The molecule has 6 heteroatoms. The Kier molecular flexibility index (Phi) is 3.08. The molecule has 2 fully saturated rings. The van der Waals surface area contributed by atoms with Gasteiger partial charge in [0.05, 0.1) is 5.41 Å². The molecule has 0 aliphatic carbocycles. The van der Waals surface area contributed by atoms with Crippen molar-refractivity contribution >= 4 is 12.0 Å². The number of piperidine rings is 1. The largest absolute Gasteiger partial charge is 0.465 e. The van der Waals surface area contributed by atoms with Crippen LogP contribution >= 0.6 is 0 Å². The van der Waals surface area contributed by atoms with Gasteiger partial charge in [-0.1, -0.05) is 6.07 Å². The summed E-state index contributed by atoms with van der Waals surface area (Å²) in [6.45, 7) is 1.33. The van der Waals surface area contributed by atoms with Gasteiger partial charge in [-0.2, -0.15) is 0 Å². The number of nitrogens with zero attached hydrogens (tertiary/aromatic N) is 2. The highest BCUT2D eigenvalue weighted by molar-refractivity contribution is 5.87. The third-order valence-electron chi connectivity index (χ3n) is 4.47. The van der Waals surface area contributed by atoms with Gasteiger partial charge in [-0.15, -0.1) is 0 Å². The van der Waals surface area contributed by atoms with E-state index in [1.54, 1.807) is 12.4 Å². The lowest BCUT2D eigenvalue weighted by Crippen LogP contribution is -2.51. The molecule has 2 saturated heterocycles. The van der Waals surface area contributed by atoms with E-state index < -0.39 is 11.5 Å². The molecule has 2 aliphatic rings. The maximum Gasteiger partial charge on any atom is 0.407 e. The molecular formula is C14H17N3O3. The fourth-order valence-corrected chi connectivity index (χ4v) is 3.46. The fourth-order valence-electron chi connectivity index (χ4n) is 3.46. The van der Waals surface area contributed by atoms with Crippen LogP contribution in [-0.2, 0) is 4.79 Å². The van der Waals surface area contributed by atoms with E-state index in [2.05, 4.69) is 10.3 Å². The highest BCUT2D eigenvalue weighted by Gasteiger charge is 2.53. The lowest BCUT2D eigenvalue weighted by molar-refractivity contribution is -0.130. The predicted octanol–water partition coefficient (Wildman–Crippen LogP) is 1.06. The smallest absolute Gasteiger partial charge is 0.407 e. The second-order valence-corrected chi connectivity index (χ2v) is 5.51. The van der Waals surface area contributed by atoms with Gasteiger partial charge in [-0.05, 0) is 24.5 Å². The summed E-state index contributed by atoms with van der Waals surface area (Å²) >= 11 is 0. The van der Waals surface area contributed by atoms with Crippen molar-refractivity contribution in [3.8, 4) is 0 Å². The Bertz CT molecular complexity index is 534. The van der Waals surface area contributed by atoms with Gasteiger partial charge in [0, 0.05) is 37.9 Å². The molecule has 6 nitrogen and oxygen atoms in total. The molecule has 2 unspecified atom stereocenters. The van der Waals surface area contributed by atoms with Gasteiger partial charge in [-0.3, -0.25) is 9.78 Å². The molecule has 2 amide bonds. The highest BCUT2D eigenvalue weighted by Crippen LogP contribution is 2.46. The molecule has 1 aromatic heterocycles. The summed E-state index contributed by atoms with van der Waals surface area (Å²) in [5, 5.41) is 12.1. The number of pyridine rings is 1. The Labute approximate surface area is 116 Å². The Morgan fingerprint density at radius 1 is 1.55 bits per heavy atom. The van der Waals surface area contributed by atoms with E-state index >= 15 is 0 Å². The first-order valence-corrected chi connectivity index (χ1v) is 6.79. The van der Waals surface area contributed by atoms with Gasteiger partial charge in [0.15, 0.2) is 0 Å². The zero-order chi connectivity index (χ0) is 14.2. The van der Waals surface area contributed by atoms with Crippen LogP contribution in [0.15, 0.2) is 24.5 Å². The van der Waals surface area contributed by atoms with Crippen molar-refractivity contribution < 1.29 is 14.7 Å². The molecule has 3 heterocycles. The zero-order valence-corrected chi connectivity index (χ0v) is 11.1. The standard InChI is InChI=1S/C14H17N3O3/c18-12-14(4-2-6-17(9-14)13(19)20)11(8-16-12)10-3-1-5-15-7-10/h1,3,5,7,11H,2,4,6,8-9H2,(H,16,18)(H,19,20). The minimum absolute atomic E-state index is 0.00847. The van der Waals surface area contributed by atoms with E-state index in [0.717, 1.165) is 18.4 Å². The van der Waals surface area contributed by atoms with E-state index in [0.29, 0.717) is 13.1 Å². The van der Waals surface area contributed by atoms with Crippen LogP contribution in [0.1, 0.15) is 24.3 Å². The van der Waals surface area contributed by atoms with Crippen LogP contribution in [0.5, 0.6) is 0 Å². The van der Waals surface area contributed by atoms with Crippen molar-refractivity contribution in [1.82, 2.24) is 15.2 Å². The molecule has 0 bridgehead atoms. The van der Waals surface area contributed by atoms with Crippen LogP contribution in [0.4, 0.5) is 4.79 Å². The minimum atomic E-state index is -0.950. The number of aromatic nitrogens is 1. The van der Waals surface area contributed by atoms with E-state index in [-0.39, 0.29) is 18.4 Å². The van der Waals surface area contributed by atoms with Gasteiger partial charge in [0.2, 0.25) is 5.91 Å². The molecular weight excluding hydrogens is 258 g/mol. The minimum Gasteiger partial charge on any atom is -0.465 e. The van der Waals surface area contributed by atoms with Gasteiger partial charge in [0.1, 0.15) is 0 Å². The summed E-state index contributed by atoms with van der Waals surface area (Å²) < 4.78 is 0. The number of amides is 2. The average Bonchev–Trinajstić information content (AvgIpc) is 2.77. The van der Waals surface area contributed by atoms with Crippen molar-refractivity contribution in [2.75, 3.05) is 19.6 Å². The van der Waals surface area contributed by atoms with Crippen molar-refractivity contribution in [3.63, 3.8) is 0 Å². The van der Waals surface area contributed by atoms with E-state index in [9.17, 15) is 14.7 Å². The summed E-state index contributed by atoms with van der Waals surface area (Å²) in [7, 11) is 0. The van der Waals surface area contributed by atoms with Gasteiger partial charge in [-0.25, -0.2) is 4.79 Å². The maximum absolute atomic E-state index is 12.4. The molecule has 0 radical (unpaired) electrons. The summed E-state index contributed by atoms with van der Waals surface area (Å²) in [5.74, 6) is -0.0387. The van der Waals surface area contributed by atoms with Crippen molar-refractivity contribution in [3.05, 3.63) is 30.1 Å². The number of hydrogen-bond acceptors (Lipinski definition) is 3. The van der Waals surface area contributed by atoms with E-state index in [1.807, 2.05) is 12.1 Å². The molecule has 2 aliphatic heterocycles. The highest BCUT2D eigenvalue weighted by atomic mass is 16.4. The van der Waals surface area contributed by atoms with Gasteiger partial charge < -0.3 is 15.3 Å². The number of carboxylic acid groups (broad SMARTS) is 1. The Hall–Kier alpha value is -2.11. The van der Waals surface area contributed by atoms with E-state index in [4.69, 9.17) is 0 Å². The molecule has 1 spiro atoms. The zero-order valence-electron chi connectivity index (χ0n) is 11.1. The Balaban J connectivity index is 1.95. The number of likely N-dealkylation sites (tertiary alicyclic amines) is 1. The molecule has 2 atom stereocenters. The fraction of sp³-hybridized carbons (Fsp3) is 0.500. The molecule has 2 N–H and O–H groups in total. The second-order valence-electron chi connectivity index (χ2n) is 5.51. The number of hydrogen-bond donors (Lipinski definition) is 2. The Morgan fingerprint density at radius 3 is 3.10 bits per heavy atom. The normalized spacial score (nSPS) is 29.5. The van der Waals surface area contributed by atoms with Crippen molar-refractivity contribution in [2.45, 2.75) is 18.8 Å². The number of nitrogens with one attached hydrogen (secondary N) is 1. The van der Waals surface area contributed by atoms with Crippen LogP contribution in [-0.4, -0.2) is 46.6 Å². The summed E-state index contributed by atoms with van der Waals surface area (Å²) in [6.07, 6.45) is 3.96. The topological polar surface area (TPSA) is 82.5 Å². The van der Waals surface area contributed by atoms with Gasteiger partial charge in [0.25, 0.3) is 0 Å². The Morgan fingerprint density at radius 2 is 2.40 bits per heavy atom. The third-order valence-corrected chi connectivity index (χ3v) is 4.47. The lowest BCUT2D eigenvalue weighted by atomic mass is 9.69. The van der Waals surface area contributed by atoms with Crippen LogP contribution in [0, 0.1) is 5.41 Å². The molecule has 1 aromatic rings. The number of carbonyl (C=O) groups excluding carboxylic acids is 1. The van der Waals surface area contributed by atoms with Gasteiger partial charge >= 0.3 is 6.09 Å². The van der Waals surface area contributed by atoms with Crippen LogP contribution in [0.3, 0.4) is 0 Å². The summed E-state index contributed by atoms with van der Waals surface area (Å²) in [4.78, 5) is 29.1. The second kappa shape index (κ2) is 4.77. The maximum atomic E-state index is 12.4. The molecule has 106 valence electrons. The average molecular weight is 275 g/mol. The number of carbonyl (C=O) groups is 2. The van der Waals surface area contributed by atoms with Crippen molar-refractivity contribution in [2.24, 2.45) is 5.41 Å². The third kappa shape index (κ3) is 1.92. The summed E-state index contributed by atoms with van der Waals surface area (Å²) in [6, 6.07) is 3.81. The quantitative estimate of drug-likeness (QED) is 0.802. The van der Waals surface area contributed by atoms with Crippen LogP contribution in [0.25, 0.3) is 0 Å². The summed E-state index contributed by atoms with van der Waals surface area (Å²) in [5.41, 5.74) is 0.359. The lowest BCUT2D eigenvalue weighted by Gasteiger charge is -2.40. The van der Waals surface area contributed by atoms with E-state index in [1.165, 1.54) is 4.90 Å². The number of rotatable bonds is 1. The first kappa shape index (κ1) is 12.9. The van der Waals surface area contributed by atoms with Crippen LogP contribution < -0.4 is 5.32 Å². The molecule has 20 heavy (non-hydrogen) atoms. The first-order chi connectivity index (χ1) is 9.63. The monoisotopic (exact) mass is 275 g/mol. The molecule has 0 saturated carbocycles.